The third-order valence-corrected chi connectivity index (χ3v) is 6.80. The van der Waals surface area contributed by atoms with E-state index in [9.17, 15) is 14.4 Å². The number of ether oxygens (including phenoxy) is 1. The van der Waals surface area contributed by atoms with Gasteiger partial charge in [0.05, 0.1) is 17.7 Å². The second-order valence-electron chi connectivity index (χ2n) is 7.63. The molecule has 3 aromatic rings. The average molecular weight is 455 g/mol. The molecular weight excluding hydrogens is 428 g/mol. The molecule has 0 radical (unpaired) electrons. The van der Waals surface area contributed by atoms with Crippen LogP contribution in [0.3, 0.4) is 0 Å². The van der Waals surface area contributed by atoms with E-state index in [4.69, 9.17) is 4.74 Å². The number of thiophene rings is 1. The maximum absolute atomic E-state index is 13.2. The topological polar surface area (TPSA) is 102 Å². The lowest BCUT2D eigenvalue weighted by Gasteiger charge is -2.13. The van der Waals surface area contributed by atoms with E-state index in [0.717, 1.165) is 36.1 Å². The fourth-order valence-corrected chi connectivity index (χ4v) is 5.32. The van der Waals surface area contributed by atoms with Crippen molar-refractivity contribution in [3.05, 3.63) is 56.2 Å². The van der Waals surface area contributed by atoms with Crippen LogP contribution < -0.4 is 16.1 Å². The Morgan fingerprint density at radius 3 is 2.75 bits per heavy atom. The second kappa shape index (κ2) is 9.62. The van der Waals surface area contributed by atoms with E-state index < -0.39 is 11.3 Å². The summed E-state index contributed by atoms with van der Waals surface area (Å²) in [5.41, 5.74) is 1.56. The van der Waals surface area contributed by atoms with Crippen LogP contribution in [-0.2, 0) is 24.1 Å². The van der Waals surface area contributed by atoms with Crippen molar-refractivity contribution < 1.29 is 14.3 Å². The Morgan fingerprint density at radius 2 is 1.97 bits per heavy atom. The monoisotopic (exact) mass is 454 g/mol. The van der Waals surface area contributed by atoms with Gasteiger partial charge in [-0.05, 0) is 50.3 Å². The van der Waals surface area contributed by atoms with Crippen molar-refractivity contribution in [2.45, 2.75) is 39.2 Å². The summed E-state index contributed by atoms with van der Waals surface area (Å²) in [5.74, 6) is -0.846. The number of aromatic nitrogens is 2. The number of carbonyl (C=O) groups excluding carboxylic acids is 2. The molecule has 0 saturated carbocycles. The first-order valence-electron chi connectivity index (χ1n) is 10.8. The number of amides is 2. The third-order valence-electron chi connectivity index (χ3n) is 5.59. The smallest absolute Gasteiger partial charge is 0.280 e. The molecule has 2 N–H and O–H groups in total. The van der Waals surface area contributed by atoms with Gasteiger partial charge < -0.3 is 15.4 Å². The number of para-hydroxylation sites is 1. The maximum Gasteiger partial charge on any atom is 0.280 e. The van der Waals surface area contributed by atoms with Crippen molar-refractivity contribution in [2.24, 2.45) is 0 Å². The molecule has 32 heavy (non-hydrogen) atoms. The normalized spacial score (nSPS) is 13.1. The Morgan fingerprint density at radius 1 is 1.19 bits per heavy atom. The lowest BCUT2D eigenvalue weighted by Crippen LogP contribution is -2.30. The summed E-state index contributed by atoms with van der Waals surface area (Å²) < 4.78 is 6.66. The van der Waals surface area contributed by atoms with Crippen molar-refractivity contribution in [3.8, 4) is 0 Å². The Labute approximate surface area is 189 Å². The van der Waals surface area contributed by atoms with E-state index in [1.54, 1.807) is 23.9 Å². The van der Waals surface area contributed by atoms with Crippen molar-refractivity contribution >= 4 is 39.1 Å². The van der Waals surface area contributed by atoms with Gasteiger partial charge in [0.15, 0.2) is 5.69 Å². The van der Waals surface area contributed by atoms with Gasteiger partial charge in [-0.25, -0.2) is 0 Å². The number of anilines is 1. The van der Waals surface area contributed by atoms with Crippen LogP contribution in [-0.4, -0.2) is 41.9 Å². The van der Waals surface area contributed by atoms with Gasteiger partial charge in [-0.15, -0.1) is 11.3 Å². The van der Waals surface area contributed by atoms with E-state index in [1.165, 1.54) is 11.3 Å². The fourth-order valence-electron chi connectivity index (χ4n) is 4.04. The highest BCUT2D eigenvalue weighted by Crippen LogP contribution is 2.38. The first-order valence-corrected chi connectivity index (χ1v) is 11.6. The quantitative estimate of drug-likeness (QED) is 0.535. The SMILES string of the molecule is CCn1nc(C(=O)Nc2sc3c(c2C(=O)NCCOC)CCCC3)c(=O)c2ccccc21. The molecule has 8 nitrogen and oxygen atoms in total. The second-order valence-corrected chi connectivity index (χ2v) is 8.73. The minimum absolute atomic E-state index is 0.178. The molecule has 0 aliphatic heterocycles. The van der Waals surface area contributed by atoms with E-state index in [-0.39, 0.29) is 11.6 Å². The molecule has 1 aliphatic carbocycles. The fraction of sp³-hybridized carbons (Fsp3) is 0.391. The van der Waals surface area contributed by atoms with Crippen LogP contribution in [0.4, 0.5) is 5.00 Å². The van der Waals surface area contributed by atoms with Crippen LogP contribution in [0.2, 0.25) is 0 Å². The van der Waals surface area contributed by atoms with Gasteiger partial charge in [0.2, 0.25) is 5.43 Å². The predicted octanol–water partition coefficient (Wildman–Crippen LogP) is 2.99. The molecule has 9 heteroatoms. The van der Waals surface area contributed by atoms with Crippen molar-refractivity contribution in [2.75, 3.05) is 25.6 Å². The van der Waals surface area contributed by atoms with E-state index in [2.05, 4.69) is 15.7 Å². The van der Waals surface area contributed by atoms with Crippen LogP contribution in [0.1, 0.15) is 51.1 Å². The predicted molar refractivity (Wildman–Crippen MR) is 125 cm³/mol. The molecule has 2 amide bonds. The number of nitrogens with zero attached hydrogens (tertiary/aromatic N) is 2. The van der Waals surface area contributed by atoms with Gasteiger partial charge in [0.1, 0.15) is 5.00 Å². The number of benzene rings is 1. The molecule has 0 spiro atoms. The van der Waals surface area contributed by atoms with Crippen molar-refractivity contribution in [1.29, 1.82) is 0 Å². The maximum atomic E-state index is 13.2. The van der Waals surface area contributed by atoms with Gasteiger partial charge >= 0.3 is 0 Å². The molecule has 0 saturated heterocycles. The number of methoxy groups -OCH3 is 1. The number of hydrogen-bond acceptors (Lipinski definition) is 6. The number of aryl methyl sites for hydroxylation is 2. The number of fused-ring (bicyclic) bond motifs is 2. The Balaban J connectivity index is 1.71. The molecule has 2 heterocycles. The number of carbonyl (C=O) groups is 2. The lowest BCUT2D eigenvalue weighted by molar-refractivity contribution is 0.0937. The summed E-state index contributed by atoms with van der Waals surface area (Å²) in [6, 6.07) is 7.10. The highest BCUT2D eigenvalue weighted by molar-refractivity contribution is 7.17. The first-order chi connectivity index (χ1) is 15.5. The summed E-state index contributed by atoms with van der Waals surface area (Å²) in [6.07, 6.45) is 3.73. The van der Waals surface area contributed by atoms with Crippen LogP contribution in [0.5, 0.6) is 0 Å². The van der Waals surface area contributed by atoms with Gasteiger partial charge in [-0.2, -0.15) is 5.10 Å². The van der Waals surface area contributed by atoms with Gasteiger partial charge in [-0.1, -0.05) is 12.1 Å². The molecular formula is C23H26N4O4S. The Hall–Kier alpha value is -3.04. The van der Waals surface area contributed by atoms with Gasteiger partial charge in [0.25, 0.3) is 11.8 Å². The number of nitrogens with one attached hydrogen (secondary N) is 2. The van der Waals surface area contributed by atoms with Gasteiger partial charge in [-0.3, -0.25) is 19.1 Å². The third kappa shape index (κ3) is 4.18. The minimum Gasteiger partial charge on any atom is -0.383 e. The summed E-state index contributed by atoms with van der Waals surface area (Å²) in [5, 5.41) is 10.9. The summed E-state index contributed by atoms with van der Waals surface area (Å²) in [7, 11) is 1.57. The summed E-state index contributed by atoms with van der Waals surface area (Å²) in [4.78, 5) is 40.2. The largest absolute Gasteiger partial charge is 0.383 e. The molecule has 0 fully saturated rings. The van der Waals surface area contributed by atoms with Crippen LogP contribution >= 0.6 is 11.3 Å². The van der Waals surface area contributed by atoms with Crippen LogP contribution in [0.25, 0.3) is 10.9 Å². The number of hydrogen-bond donors (Lipinski definition) is 2. The average Bonchev–Trinajstić information content (AvgIpc) is 3.17. The van der Waals surface area contributed by atoms with Gasteiger partial charge in [0, 0.05) is 30.5 Å². The van der Waals surface area contributed by atoms with E-state index in [1.807, 2.05) is 19.1 Å². The van der Waals surface area contributed by atoms with E-state index in [0.29, 0.717) is 41.2 Å². The van der Waals surface area contributed by atoms with Crippen molar-refractivity contribution in [3.63, 3.8) is 0 Å². The summed E-state index contributed by atoms with van der Waals surface area (Å²) in [6.45, 7) is 3.20. The first kappa shape index (κ1) is 22.2. The molecule has 0 unspecified atom stereocenters. The molecule has 0 atom stereocenters. The lowest BCUT2D eigenvalue weighted by atomic mass is 9.95. The Kier molecular flexibility index (Phi) is 6.66. The highest BCUT2D eigenvalue weighted by atomic mass is 32.1. The highest BCUT2D eigenvalue weighted by Gasteiger charge is 2.27. The zero-order valence-corrected chi connectivity index (χ0v) is 19.0. The Bertz CT molecular complexity index is 1230. The molecule has 2 aromatic heterocycles. The minimum atomic E-state index is -0.604. The zero-order valence-electron chi connectivity index (χ0n) is 18.2. The van der Waals surface area contributed by atoms with E-state index >= 15 is 0 Å². The van der Waals surface area contributed by atoms with Crippen LogP contribution in [0.15, 0.2) is 29.1 Å². The molecule has 4 rings (SSSR count). The molecule has 1 aliphatic rings. The molecule has 168 valence electrons. The molecule has 0 bridgehead atoms. The van der Waals surface area contributed by atoms with Crippen LogP contribution in [0, 0.1) is 0 Å². The standard InChI is InChI=1S/C23H26N4O4S/c1-3-27-16-10-6-4-8-14(16)20(28)19(26-27)22(30)25-23-18(21(29)24-12-13-31-2)15-9-5-7-11-17(15)32-23/h4,6,8,10H,3,5,7,9,11-13H2,1-2H3,(H,24,29)(H,25,30). The summed E-state index contributed by atoms with van der Waals surface area (Å²) >= 11 is 1.41. The number of rotatable bonds is 7. The zero-order chi connectivity index (χ0) is 22.7. The molecule has 1 aromatic carbocycles. The van der Waals surface area contributed by atoms with Crippen molar-refractivity contribution in [1.82, 2.24) is 15.1 Å².